The average Bonchev–Trinajstić information content (AvgIpc) is 3.13. The van der Waals surface area contributed by atoms with E-state index >= 15 is 0 Å². The smallest absolute Gasteiger partial charge is 0.270 e. The quantitative estimate of drug-likeness (QED) is 0.648. The number of likely N-dealkylation sites (tertiary alicyclic amines) is 1. The molecule has 2 aliphatic rings. The Balaban J connectivity index is 1.26. The van der Waals surface area contributed by atoms with Gasteiger partial charge in [-0.25, -0.2) is 4.98 Å². The predicted octanol–water partition coefficient (Wildman–Crippen LogP) is 4.51. The largest absolute Gasteiger partial charge is 0.497 e. The average molecular weight is 470 g/mol. The molecule has 1 aromatic heterocycles. The molecule has 1 N–H and O–H groups in total. The van der Waals surface area contributed by atoms with Crippen LogP contribution in [0.15, 0.2) is 29.6 Å². The molecule has 1 aliphatic heterocycles. The number of nitrogens with one attached hydrogen (secondary N) is 1. The van der Waals surface area contributed by atoms with E-state index in [0.29, 0.717) is 24.1 Å². The van der Waals surface area contributed by atoms with Crippen molar-refractivity contribution in [2.24, 2.45) is 16.7 Å². The van der Waals surface area contributed by atoms with E-state index in [9.17, 15) is 9.59 Å². The van der Waals surface area contributed by atoms with Gasteiger partial charge in [0.1, 0.15) is 11.4 Å². The van der Waals surface area contributed by atoms with Crippen molar-refractivity contribution in [1.82, 2.24) is 15.2 Å². The van der Waals surface area contributed by atoms with Gasteiger partial charge in [0.25, 0.3) is 5.91 Å². The second-order valence-electron chi connectivity index (χ2n) is 10.4. The van der Waals surface area contributed by atoms with Crippen LogP contribution in [0.1, 0.15) is 67.5 Å². The first-order chi connectivity index (χ1) is 15.6. The molecule has 0 atom stereocenters. The van der Waals surface area contributed by atoms with Crippen molar-refractivity contribution in [3.05, 3.63) is 45.9 Å². The zero-order valence-corrected chi connectivity index (χ0v) is 21.1. The van der Waals surface area contributed by atoms with Gasteiger partial charge in [-0.15, -0.1) is 11.3 Å². The first kappa shape index (κ1) is 23.7. The van der Waals surface area contributed by atoms with Crippen molar-refractivity contribution in [1.29, 1.82) is 0 Å². The Bertz CT molecular complexity index is 1010. The fourth-order valence-corrected chi connectivity index (χ4v) is 6.13. The highest BCUT2D eigenvalue weighted by molar-refractivity contribution is 7.09. The van der Waals surface area contributed by atoms with Crippen LogP contribution in [0.4, 0.5) is 0 Å². The number of amides is 2. The van der Waals surface area contributed by atoms with Crippen LogP contribution in [-0.2, 0) is 11.2 Å². The minimum absolute atomic E-state index is 0.0745. The summed E-state index contributed by atoms with van der Waals surface area (Å²) in [7, 11) is 1.65. The maximum absolute atomic E-state index is 13.0. The lowest BCUT2D eigenvalue weighted by atomic mass is 9.96. The van der Waals surface area contributed by atoms with Crippen molar-refractivity contribution in [3.63, 3.8) is 0 Å². The van der Waals surface area contributed by atoms with Crippen molar-refractivity contribution >= 4 is 23.2 Å². The summed E-state index contributed by atoms with van der Waals surface area (Å²) in [6.07, 6.45) is 2.55. The SMILES string of the molecule is COc1cccc(CCNC(=O)c2csc(C3CCN(C(=O)C4C(C)(C)C4(C)C)CC3)n2)c1. The lowest BCUT2D eigenvalue weighted by Gasteiger charge is -2.31. The molecule has 0 radical (unpaired) electrons. The summed E-state index contributed by atoms with van der Waals surface area (Å²) < 4.78 is 5.25. The molecular weight excluding hydrogens is 434 g/mol. The summed E-state index contributed by atoms with van der Waals surface area (Å²) >= 11 is 1.56. The van der Waals surface area contributed by atoms with Crippen LogP contribution < -0.4 is 10.1 Å². The van der Waals surface area contributed by atoms with E-state index < -0.39 is 0 Å². The van der Waals surface area contributed by atoms with E-state index in [-0.39, 0.29) is 22.7 Å². The summed E-state index contributed by atoms with van der Waals surface area (Å²) in [5.74, 6) is 1.43. The topological polar surface area (TPSA) is 71.5 Å². The Morgan fingerprint density at radius 1 is 1.18 bits per heavy atom. The number of aromatic nitrogens is 1. The van der Waals surface area contributed by atoms with Gasteiger partial charge in [0.2, 0.25) is 5.91 Å². The van der Waals surface area contributed by atoms with Crippen LogP contribution in [0.25, 0.3) is 0 Å². The molecule has 7 heteroatoms. The summed E-state index contributed by atoms with van der Waals surface area (Å²) in [6.45, 7) is 10.9. The highest BCUT2D eigenvalue weighted by Gasteiger charge is 2.68. The van der Waals surface area contributed by atoms with E-state index in [1.807, 2.05) is 34.5 Å². The molecule has 6 nitrogen and oxygen atoms in total. The van der Waals surface area contributed by atoms with Crippen molar-refractivity contribution in [2.75, 3.05) is 26.7 Å². The predicted molar refractivity (Wildman–Crippen MR) is 131 cm³/mol. The van der Waals surface area contributed by atoms with E-state index in [1.165, 1.54) is 0 Å². The fourth-order valence-electron chi connectivity index (χ4n) is 5.16. The minimum Gasteiger partial charge on any atom is -0.497 e. The molecule has 33 heavy (non-hydrogen) atoms. The Morgan fingerprint density at radius 3 is 2.52 bits per heavy atom. The van der Waals surface area contributed by atoms with Gasteiger partial charge < -0.3 is 15.0 Å². The molecule has 2 fully saturated rings. The number of carbonyl (C=O) groups is 2. The zero-order valence-electron chi connectivity index (χ0n) is 20.3. The van der Waals surface area contributed by atoms with Gasteiger partial charge in [-0.3, -0.25) is 9.59 Å². The summed E-state index contributed by atoms with van der Waals surface area (Å²) in [5, 5.41) is 5.83. The molecule has 2 heterocycles. The minimum atomic E-state index is -0.133. The van der Waals surface area contributed by atoms with E-state index in [2.05, 4.69) is 38.0 Å². The first-order valence-corrected chi connectivity index (χ1v) is 12.7. The third kappa shape index (κ3) is 4.65. The fraction of sp³-hybridized carbons (Fsp3) is 0.577. The molecule has 1 saturated carbocycles. The number of nitrogens with zero attached hydrogens (tertiary/aromatic N) is 2. The number of ether oxygens (including phenoxy) is 1. The van der Waals surface area contributed by atoms with Crippen LogP contribution in [0.3, 0.4) is 0 Å². The molecule has 2 aromatic rings. The molecule has 178 valence electrons. The van der Waals surface area contributed by atoms with Gasteiger partial charge in [0, 0.05) is 36.9 Å². The molecule has 2 amide bonds. The number of hydrogen-bond acceptors (Lipinski definition) is 5. The molecule has 1 saturated heterocycles. The number of benzene rings is 1. The highest BCUT2D eigenvalue weighted by atomic mass is 32.1. The van der Waals surface area contributed by atoms with Crippen molar-refractivity contribution in [2.45, 2.75) is 52.9 Å². The summed E-state index contributed by atoms with van der Waals surface area (Å²) in [5.41, 5.74) is 1.75. The Hall–Kier alpha value is -2.41. The van der Waals surface area contributed by atoms with Gasteiger partial charge in [0.05, 0.1) is 12.1 Å². The molecule has 1 aliphatic carbocycles. The van der Waals surface area contributed by atoms with Crippen LogP contribution in [-0.4, -0.2) is 48.4 Å². The van der Waals surface area contributed by atoms with Crippen LogP contribution in [0, 0.1) is 16.7 Å². The molecule has 0 bridgehead atoms. The standard InChI is InChI=1S/C26H35N3O3S/c1-25(2)21(26(25,3)4)24(31)29-13-10-18(11-14-29)23-28-20(16-33-23)22(30)27-12-9-17-7-6-8-19(15-17)32-5/h6-8,15-16,18,21H,9-14H2,1-5H3,(H,27,30). The molecular formula is C26H35N3O3S. The number of hydrogen-bond donors (Lipinski definition) is 1. The summed E-state index contributed by atoms with van der Waals surface area (Å²) in [6, 6.07) is 7.87. The molecule has 0 unspecified atom stereocenters. The normalized spacial score (nSPS) is 19.8. The second kappa shape index (κ2) is 9.09. The number of methoxy groups -OCH3 is 1. The number of thiazole rings is 1. The maximum atomic E-state index is 13.0. The van der Waals surface area contributed by atoms with Gasteiger partial charge in [-0.1, -0.05) is 39.8 Å². The van der Waals surface area contributed by atoms with Crippen LogP contribution in [0.2, 0.25) is 0 Å². The highest BCUT2D eigenvalue weighted by Crippen LogP contribution is 2.68. The lowest BCUT2D eigenvalue weighted by molar-refractivity contribution is -0.134. The van der Waals surface area contributed by atoms with Crippen molar-refractivity contribution in [3.8, 4) is 5.75 Å². The van der Waals surface area contributed by atoms with Crippen LogP contribution in [0.5, 0.6) is 5.75 Å². The van der Waals surface area contributed by atoms with Gasteiger partial charge in [-0.05, 0) is 47.8 Å². The Morgan fingerprint density at radius 2 is 1.88 bits per heavy atom. The number of piperidine rings is 1. The monoisotopic (exact) mass is 469 g/mol. The van der Waals surface area contributed by atoms with E-state index in [1.54, 1.807) is 18.4 Å². The Labute approximate surface area is 200 Å². The lowest BCUT2D eigenvalue weighted by Crippen LogP contribution is -2.40. The number of carbonyl (C=O) groups excluding carboxylic acids is 2. The molecule has 4 rings (SSSR count). The van der Waals surface area contributed by atoms with E-state index in [0.717, 1.165) is 48.7 Å². The number of rotatable bonds is 7. The van der Waals surface area contributed by atoms with Gasteiger partial charge in [-0.2, -0.15) is 0 Å². The summed E-state index contributed by atoms with van der Waals surface area (Å²) in [4.78, 5) is 32.2. The zero-order chi connectivity index (χ0) is 23.8. The second-order valence-corrected chi connectivity index (χ2v) is 11.3. The molecule has 1 aromatic carbocycles. The third-order valence-electron chi connectivity index (χ3n) is 8.01. The first-order valence-electron chi connectivity index (χ1n) is 11.8. The molecule has 0 spiro atoms. The van der Waals surface area contributed by atoms with Crippen LogP contribution >= 0.6 is 11.3 Å². The maximum Gasteiger partial charge on any atom is 0.270 e. The van der Waals surface area contributed by atoms with Crippen molar-refractivity contribution < 1.29 is 14.3 Å². The van der Waals surface area contributed by atoms with Gasteiger partial charge >= 0.3 is 0 Å². The third-order valence-corrected chi connectivity index (χ3v) is 9.02. The van der Waals surface area contributed by atoms with E-state index in [4.69, 9.17) is 4.74 Å². The Kier molecular flexibility index (Phi) is 6.54. The van der Waals surface area contributed by atoms with Gasteiger partial charge in [0.15, 0.2) is 0 Å².